The molecule has 2 aromatic rings. The van der Waals surface area contributed by atoms with Gasteiger partial charge in [-0.05, 0) is 67.3 Å². The molecule has 0 atom stereocenters. The second kappa shape index (κ2) is 8.96. The summed E-state index contributed by atoms with van der Waals surface area (Å²) in [5.41, 5.74) is -0.894. The largest absolute Gasteiger partial charge is 0.386 e. The van der Waals surface area contributed by atoms with Gasteiger partial charge in [-0.3, -0.25) is 0 Å². The summed E-state index contributed by atoms with van der Waals surface area (Å²) < 4.78 is 102. The maximum absolute atomic E-state index is 14.5. The predicted molar refractivity (Wildman–Crippen MR) is 96.6 cm³/mol. The average molecular weight is 434 g/mol. The zero-order valence-corrected chi connectivity index (χ0v) is 16.3. The van der Waals surface area contributed by atoms with Crippen molar-refractivity contribution in [2.24, 2.45) is 0 Å². The van der Waals surface area contributed by atoms with Gasteiger partial charge in [0, 0.05) is 0 Å². The Hall–Kier alpha value is -2.09. The van der Waals surface area contributed by atoms with E-state index in [1.54, 1.807) is 6.92 Å². The Labute approximate surface area is 169 Å². The number of aryl methyl sites for hydroxylation is 1. The minimum atomic E-state index is -4.03. The molecule has 3 rings (SSSR count). The second-order valence-corrected chi connectivity index (χ2v) is 7.56. The van der Waals surface area contributed by atoms with Crippen molar-refractivity contribution in [3.05, 3.63) is 70.0 Å². The fraction of sp³-hybridized carbons (Fsp3) is 0.455. The lowest BCUT2D eigenvalue weighted by Gasteiger charge is -2.31. The molecule has 0 aliphatic heterocycles. The number of alkyl halides is 2. The van der Waals surface area contributed by atoms with Crippen LogP contribution in [-0.4, -0.2) is 6.10 Å². The lowest BCUT2D eigenvalue weighted by molar-refractivity contribution is -0.278. The molecular formula is C22H21F7O. The zero-order valence-electron chi connectivity index (χ0n) is 16.3. The van der Waals surface area contributed by atoms with E-state index < -0.39 is 46.9 Å². The molecule has 30 heavy (non-hydrogen) atoms. The summed E-state index contributed by atoms with van der Waals surface area (Å²) in [6.07, 6.45) is -3.41. The third-order valence-corrected chi connectivity index (χ3v) is 5.46. The van der Waals surface area contributed by atoms with Crippen molar-refractivity contribution >= 4 is 0 Å². The highest BCUT2D eigenvalue weighted by molar-refractivity contribution is 5.29. The first kappa shape index (κ1) is 22.6. The minimum Gasteiger partial charge on any atom is -0.313 e. The molecule has 0 spiro atoms. The molecule has 0 aromatic heterocycles. The quantitative estimate of drug-likeness (QED) is 0.347. The molecule has 0 amide bonds. The van der Waals surface area contributed by atoms with Crippen LogP contribution in [0.4, 0.5) is 30.7 Å². The average Bonchev–Trinajstić information content (AvgIpc) is 2.69. The SMILES string of the molecule is CCCc1ccc(C(F)(F)OC2CCC(c3cc(F)c(F)c(F)c3)CC2)c(F)c1F. The van der Waals surface area contributed by atoms with Crippen molar-refractivity contribution < 1.29 is 35.5 Å². The van der Waals surface area contributed by atoms with Crippen LogP contribution in [0.15, 0.2) is 24.3 Å². The normalized spacial score (nSPS) is 19.9. The predicted octanol–water partition coefficient (Wildman–Crippen LogP) is 7.13. The van der Waals surface area contributed by atoms with E-state index >= 15 is 0 Å². The molecule has 0 N–H and O–H groups in total. The highest BCUT2D eigenvalue weighted by Gasteiger charge is 2.41. The van der Waals surface area contributed by atoms with Gasteiger partial charge in [-0.25, -0.2) is 22.0 Å². The Kier molecular flexibility index (Phi) is 6.75. The van der Waals surface area contributed by atoms with E-state index in [0.717, 1.165) is 24.3 Å². The molecule has 1 saturated carbocycles. The lowest BCUT2D eigenvalue weighted by atomic mass is 9.82. The summed E-state index contributed by atoms with van der Waals surface area (Å²) in [6.45, 7) is 1.76. The number of benzene rings is 2. The van der Waals surface area contributed by atoms with E-state index in [1.807, 2.05) is 0 Å². The van der Waals surface area contributed by atoms with E-state index in [-0.39, 0.29) is 49.1 Å². The number of hydrogen-bond donors (Lipinski definition) is 0. The first-order valence-electron chi connectivity index (χ1n) is 9.81. The van der Waals surface area contributed by atoms with Crippen LogP contribution in [0.5, 0.6) is 0 Å². The smallest absolute Gasteiger partial charge is 0.313 e. The Morgan fingerprint density at radius 3 is 2.03 bits per heavy atom. The van der Waals surface area contributed by atoms with Crippen LogP contribution in [0.3, 0.4) is 0 Å². The molecule has 1 aliphatic rings. The first-order valence-corrected chi connectivity index (χ1v) is 9.81. The third-order valence-electron chi connectivity index (χ3n) is 5.46. The summed E-state index contributed by atoms with van der Waals surface area (Å²) in [4.78, 5) is 0. The molecular weight excluding hydrogens is 413 g/mol. The molecule has 1 aliphatic carbocycles. The van der Waals surface area contributed by atoms with E-state index in [9.17, 15) is 30.7 Å². The van der Waals surface area contributed by atoms with Crippen LogP contribution < -0.4 is 0 Å². The molecule has 0 bridgehead atoms. The van der Waals surface area contributed by atoms with Gasteiger partial charge in [0.15, 0.2) is 29.1 Å². The van der Waals surface area contributed by atoms with Crippen molar-refractivity contribution in [3.8, 4) is 0 Å². The molecule has 0 radical (unpaired) electrons. The van der Waals surface area contributed by atoms with Gasteiger partial charge in [-0.2, -0.15) is 8.78 Å². The standard InChI is InChI=1S/C22H21F7O/c1-2-3-13-6-9-16(20(26)19(13)25)22(28,29)30-15-7-4-12(5-8-15)14-10-17(23)21(27)18(24)11-14/h6,9-12,15H,2-5,7-8H2,1H3. The van der Waals surface area contributed by atoms with Gasteiger partial charge < -0.3 is 4.74 Å². The van der Waals surface area contributed by atoms with Crippen LogP contribution in [0.25, 0.3) is 0 Å². The third kappa shape index (κ3) is 4.63. The maximum Gasteiger partial charge on any atom is 0.386 e. The topological polar surface area (TPSA) is 9.23 Å². The molecule has 0 heterocycles. The zero-order chi connectivity index (χ0) is 22.1. The van der Waals surface area contributed by atoms with Gasteiger partial charge in [0.05, 0.1) is 11.7 Å². The molecule has 1 fully saturated rings. The minimum absolute atomic E-state index is 0.0221. The van der Waals surface area contributed by atoms with Gasteiger partial charge in [0.2, 0.25) is 0 Å². The van der Waals surface area contributed by atoms with Crippen molar-refractivity contribution in [2.45, 2.75) is 63.6 Å². The fourth-order valence-corrected chi connectivity index (χ4v) is 3.87. The van der Waals surface area contributed by atoms with Crippen LogP contribution >= 0.6 is 0 Å². The van der Waals surface area contributed by atoms with Crippen LogP contribution in [0, 0.1) is 29.1 Å². The monoisotopic (exact) mass is 434 g/mol. The van der Waals surface area contributed by atoms with Gasteiger partial charge in [-0.1, -0.05) is 19.4 Å². The molecule has 2 aromatic carbocycles. The Morgan fingerprint density at radius 2 is 1.47 bits per heavy atom. The van der Waals surface area contributed by atoms with E-state index in [4.69, 9.17) is 4.74 Å². The number of hydrogen-bond acceptors (Lipinski definition) is 1. The Bertz CT molecular complexity index is 882. The van der Waals surface area contributed by atoms with Gasteiger partial charge >= 0.3 is 6.11 Å². The van der Waals surface area contributed by atoms with Gasteiger partial charge in [0.1, 0.15) is 0 Å². The summed E-state index contributed by atoms with van der Waals surface area (Å²) in [5.74, 6) is -7.45. The highest BCUT2D eigenvalue weighted by Crippen LogP contribution is 2.40. The van der Waals surface area contributed by atoms with Crippen molar-refractivity contribution in [1.29, 1.82) is 0 Å². The van der Waals surface area contributed by atoms with Gasteiger partial charge in [0.25, 0.3) is 0 Å². The van der Waals surface area contributed by atoms with E-state index in [2.05, 4.69) is 0 Å². The van der Waals surface area contributed by atoms with Crippen molar-refractivity contribution in [1.82, 2.24) is 0 Å². The Morgan fingerprint density at radius 1 is 0.867 bits per heavy atom. The summed E-state index contributed by atoms with van der Waals surface area (Å²) in [5, 5.41) is 0. The molecule has 0 saturated heterocycles. The van der Waals surface area contributed by atoms with E-state index in [0.29, 0.717) is 6.42 Å². The van der Waals surface area contributed by atoms with Crippen molar-refractivity contribution in [2.75, 3.05) is 0 Å². The molecule has 164 valence electrons. The molecule has 1 nitrogen and oxygen atoms in total. The number of halogens is 7. The second-order valence-electron chi connectivity index (χ2n) is 7.56. The summed E-state index contributed by atoms with van der Waals surface area (Å²) >= 11 is 0. The van der Waals surface area contributed by atoms with Crippen LogP contribution in [0.2, 0.25) is 0 Å². The lowest BCUT2D eigenvalue weighted by Crippen LogP contribution is -2.30. The highest BCUT2D eigenvalue weighted by atomic mass is 19.3. The van der Waals surface area contributed by atoms with E-state index in [1.165, 1.54) is 0 Å². The number of rotatable bonds is 6. The summed E-state index contributed by atoms with van der Waals surface area (Å²) in [7, 11) is 0. The Balaban J connectivity index is 1.67. The molecule has 8 heteroatoms. The van der Waals surface area contributed by atoms with Crippen LogP contribution in [0.1, 0.15) is 61.6 Å². The first-order chi connectivity index (χ1) is 14.1. The maximum atomic E-state index is 14.5. The molecule has 0 unspecified atom stereocenters. The van der Waals surface area contributed by atoms with Crippen molar-refractivity contribution in [3.63, 3.8) is 0 Å². The van der Waals surface area contributed by atoms with Gasteiger partial charge in [-0.15, -0.1) is 0 Å². The fourth-order valence-electron chi connectivity index (χ4n) is 3.87. The number of ether oxygens (including phenoxy) is 1. The van der Waals surface area contributed by atoms with Crippen LogP contribution in [-0.2, 0) is 17.3 Å². The summed E-state index contributed by atoms with van der Waals surface area (Å²) in [6, 6.07) is 3.76.